The van der Waals surface area contributed by atoms with Crippen molar-refractivity contribution in [3.05, 3.63) is 11.5 Å². The molecule has 0 rings (SSSR count). The summed E-state index contributed by atoms with van der Waals surface area (Å²) in [6, 6.07) is 0. The molecule has 16 heavy (non-hydrogen) atoms. The van der Waals surface area contributed by atoms with Gasteiger partial charge in [-0.3, -0.25) is 0 Å². The van der Waals surface area contributed by atoms with Crippen LogP contribution < -0.4 is 0 Å². The summed E-state index contributed by atoms with van der Waals surface area (Å²) in [5.74, 6) is 0. The summed E-state index contributed by atoms with van der Waals surface area (Å²) < 4.78 is 0. The number of unbranched alkanes of at least 4 members (excludes halogenated alkanes) is 1. The normalized spacial score (nSPS) is 13.6. The fraction of sp³-hybridized carbons (Fsp3) is 0.857. The zero-order valence-electron chi connectivity index (χ0n) is 12.2. The van der Waals surface area contributed by atoms with Gasteiger partial charge in [0.15, 0.2) is 0 Å². The molecular formula is C14H30SSi. The predicted octanol–water partition coefficient (Wildman–Crippen LogP) is 6.21. The molecule has 0 saturated carbocycles. The van der Waals surface area contributed by atoms with E-state index in [2.05, 4.69) is 71.2 Å². The largest absolute Gasteiger partial charge is 0.158 e. The fourth-order valence-corrected chi connectivity index (χ4v) is 11.5. The van der Waals surface area contributed by atoms with Crippen molar-refractivity contribution in [2.24, 2.45) is 0 Å². The lowest BCUT2D eigenvalue weighted by Gasteiger charge is -2.41. The minimum Gasteiger partial charge on any atom is -0.158 e. The molecule has 0 radical (unpaired) electrons. The Morgan fingerprint density at radius 1 is 0.938 bits per heavy atom. The van der Waals surface area contributed by atoms with Crippen LogP contribution in [0.4, 0.5) is 0 Å². The van der Waals surface area contributed by atoms with Crippen LogP contribution in [0.15, 0.2) is 11.5 Å². The van der Waals surface area contributed by atoms with Crippen LogP contribution in [-0.4, -0.2) is 7.22 Å². The molecule has 0 aromatic carbocycles. The van der Waals surface area contributed by atoms with Crippen molar-refractivity contribution in [3.63, 3.8) is 0 Å². The lowest BCUT2D eigenvalue weighted by atomic mass is 10.3. The van der Waals surface area contributed by atoms with Gasteiger partial charge in [-0.25, -0.2) is 0 Å². The summed E-state index contributed by atoms with van der Waals surface area (Å²) in [7, 11) is -1.25. The lowest BCUT2D eigenvalue weighted by molar-refractivity contribution is 0.852. The molecule has 0 aromatic rings. The highest BCUT2D eigenvalue weighted by atomic mass is 32.4. The van der Waals surface area contributed by atoms with E-state index < -0.39 is 7.22 Å². The van der Waals surface area contributed by atoms with Crippen LogP contribution in [0.5, 0.6) is 0 Å². The monoisotopic (exact) mass is 258 g/mol. The molecule has 0 fully saturated rings. The van der Waals surface area contributed by atoms with Gasteiger partial charge in [-0.2, -0.15) is 11.2 Å². The second-order valence-electron chi connectivity index (χ2n) is 5.60. The lowest BCUT2D eigenvalue weighted by Crippen LogP contribution is -2.40. The summed E-state index contributed by atoms with van der Waals surface area (Å²) in [6.07, 6.45) is 4.85. The van der Waals surface area contributed by atoms with E-state index in [1.54, 1.807) is 0 Å². The van der Waals surface area contributed by atoms with Gasteiger partial charge in [-0.1, -0.05) is 61.0 Å². The van der Waals surface area contributed by atoms with Crippen LogP contribution in [0.3, 0.4) is 0 Å². The average Bonchev–Trinajstić information content (AvgIpc) is 2.16. The second kappa shape index (κ2) is 7.60. The predicted molar refractivity (Wildman–Crippen MR) is 82.7 cm³/mol. The first-order valence-electron chi connectivity index (χ1n) is 6.72. The van der Waals surface area contributed by atoms with Crippen molar-refractivity contribution in [2.45, 2.75) is 77.9 Å². The molecule has 0 nitrogen and oxygen atoms in total. The van der Waals surface area contributed by atoms with Gasteiger partial charge in [0.05, 0.1) is 0 Å². The van der Waals surface area contributed by atoms with Crippen LogP contribution in [0.2, 0.25) is 16.6 Å². The Labute approximate surface area is 108 Å². The summed E-state index contributed by atoms with van der Waals surface area (Å²) >= 11 is 2.19. The first-order valence-corrected chi connectivity index (χ1v) is 10.6. The van der Waals surface area contributed by atoms with Gasteiger partial charge < -0.3 is 0 Å². The van der Waals surface area contributed by atoms with Crippen molar-refractivity contribution in [2.75, 3.05) is 0 Å². The standard InChI is InChI=1S/C14H30SSi/c1-8-9-10-11-15-16(12(2)3,13(4)5)14(6)7/h10-14H,8-9H2,1-7H3/b11-10+. The van der Waals surface area contributed by atoms with E-state index in [0.717, 1.165) is 16.6 Å². The third-order valence-electron chi connectivity index (χ3n) is 3.53. The quantitative estimate of drug-likeness (QED) is 0.489. The molecule has 0 spiro atoms. The number of hydrogen-bond donors (Lipinski definition) is 0. The molecule has 0 saturated heterocycles. The van der Waals surface area contributed by atoms with Crippen molar-refractivity contribution >= 4 is 18.4 Å². The van der Waals surface area contributed by atoms with Gasteiger partial charge in [0, 0.05) is 0 Å². The molecule has 0 amide bonds. The Kier molecular flexibility index (Phi) is 7.74. The Morgan fingerprint density at radius 3 is 1.69 bits per heavy atom. The zero-order valence-corrected chi connectivity index (χ0v) is 14.0. The van der Waals surface area contributed by atoms with Gasteiger partial charge in [0.2, 0.25) is 0 Å². The minimum absolute atomic E-state index is 0.851. The van der Waals surface area contributed by atoms with E-state index in [1.807, 2.05) is 0 Å². The van der Waals surface area contributed by atoms with E-state index in [9.17, 15) is 0 Å². The van der Waals surface area contributed by atoms with Gasteiger partial charge in [-0.05, 0) is 28.5 Å². The second-order valence-corrected chi connectivity index (χ2v) is 14.1. The third kappa shape index (κ3) is 3.96. The molecule has 0 atom stereocenters. The molecule has 0 aliphatic carbocycles. The Hall–Kier alpha value is 0.307. The topological polar surface area (TPSA) is 0 Å². The molecule has 0 aliphatic heterocycles. The Balaban J connectivity index is 4.77. The molecule has 0 heterocycles. The summed E-state index contributed by atoms with van der Waals surface area (Å²) in [4.78, 5) is 0. The van der Waals surface area contributed by atoms with Crippen LogP contribution in [0, 0.1) is 0 Å². The molecular weight excluding hydrogens is 228 g/mol. The van der Waals surface area contributed by atoms with E-state index >= 15 is 0 Å². The first-order chi connectivity index (χ1) is 7.39. The van der Waals surface area contributed by atoms with Gasteiger partial charge in [-0.15, -0.1) is 0 Å². The van der Waals surface area contributed by atoms with Crippen molar-refractivity contribution in [1.82, 2.24) is 0 Å². The van der Waals surface area contributed by atoms with E-state index in [4.69, 9.17) is 0 Å². The van der Waals surface area contributed by atoms with Crippen molar-refractivity contribution < 1.29 is 0 Å². The van der Waals surface area contributed by atoms with E-state index in [1.165, 1.54) is 12.8 Å². The average molecular weight is 259 g/mol. The number of allylic oxidation sites excluding steroid dienone is 1. The molecule has 0 N–H and O–H groups in total. The highest BCUT2D eigenvalue weighted by molar-refractivity contribution is 8.31. The van der Waals surface area contributed by atoms with Crippen LogP contribution in [0.25, 0.3) is 0 Å². The van der Waals surface area contributed by atoms with Gasteiger partial charge in [0.1, 0.15) is 7.22 Å². The SMILES string of the molecule is CCC/C=C/S[Si](C(C)C)(C(C)C)C(C)C. The van der Waals surface area contributed by atoms with Crippen LogP contribution in [-0.2, 0) is 0 Å². The maximum Gasteiger partial charge on any atom is 0.130 e. The van der Waals surface area contributed by atoms with Crippen molar-refractivity contribution in [3.8, 4) is 0 Å². The van der Waals surface area contributed by atoms with Gasteiger partial charge in [0.25, 0.3) is 0 Å². The maximum absolute atomic E-state index is 2.42. The smallest absolute Gasteiger partial charge is 0.130 e. The fourth-order valence-electron chi connectivity index (χ4n) is 2.81. The highest BCUT2D eigenvalue weighted by Crippen LogP contribution is 2.49. The molecule has 96 valence electrons. The maximum atomic E-state index is 2.42. The van der Waals surface area contributed by atoms with Gasteiger partial charge >= 0.3 is 0 Å². The molecule has 2 heteroatoms. The van der Waals surface area contributed by atoms with Crippen LogP contribution >= 0.6 is 11.2 Å². The number of rotatable bonds is 7. The molecule has 0 aliphatic rings. The summed E-state index contributed by atoms with van der Waals surface area (Å²) in [6.45, 7) is 16.8. The Morgan fingerprint density at radius 2 is 1.38 bits per heavy atom. The van der Waals surface area contributed by atoms with Crippen LogP contribution in [0.1, 0.15) is 61.3 Å². The zero-order chi connectivity index (χ0) is 12.8. The first kappa shape index (κ1) is 16.3. The van der Waals surface area contributed by atoms with E-state index in [0.29, 0.717) is 0 Å². The molecule has 0 aromatic heterocycles. The minimum atomic E-state index is -1.25. The molecule has 0 unspecified atom stereocenters. The van der Waals surface area contributed by atoms with E-state index in [-0.39, 0.29) is 0 Å². The summed E-state index contributed by atoms with van der Waals surface area (Å²) in [5, 5.41) is 2.40. The Bertz CT molecular complexity index is 185. The number of hydrogen-bond acceptors (Lipinski definition) is 1. The highest BCUT2D eigenvalue weighted by Gasteiger charge is 2.42. The van der Waals surface area contributed by atoms with Crippen molar-refractivity contribution in [1.29, 1.82) is 0 Å². The summed E-state index contributed by atoms with van der Waals surface area (Å²) in [5.41, 5.74) is 2.55. The molecule has 0 bridgehead atoms. The third-order valence-corrected chi connectivity index (χ3v) is 15.6.